The molecule has 29 heavy (non-hydrogen) atoms. The largest absolute Gasteiger partial charge is 0.465 e. The van der Waals surface area contributed by atoms with Crippen LogP contribution in [0, 0.1) is 18.2 Å². The number of amides is 1. The van der Waals surface area contributed by atoms with Crippen molar-refractivity contribution in [1.82, 2.24) is 4.90 Å². The van der Waals surface area contributed by atoms with E-state index in [4.69, 9.17) is 4.74 Å². The SMILES string of the molecule is CCOC(=O)[C@@]1(Cc2ccccc2)C[C@H]2CC[C@@H]1N2C(=O)c1ccc(C)cc1F. The van der Waals surface area contributed by atoms with Crippen LogP contribution in [-0.4, -0.2) is 35.5 Å². The van der Waals surface area contributed by atoms with E-state index in [2.05, 4.69) is 0 Å². The van der Waals surface area contributed by atoms with E-state index in [1.807, 2.05) is 30.3 Å². The average molecular weight is 395 g/mol. The number of fused-ring (bicyclic) bond motifs is 2. The molecule has 0 radical (unpaired) electrons. The van der Waals surface area contributed by atoms with Gasteiger partial charge < -0.3 is 9.64 Å². The Bertz CT molecular complexity index is 929. The topological polar surface area (TPSA) is 46.6 Å². The monoisotopic (exact) mass is 395 g/mol. The van der Waals surface area contributed by atoms with Gasteiger partial charge in [0.1, 0.15) is 5.82 Å². The van der Waals surface area contributed by atoms with Gasteiger partial charge in [0.2, 0.25) is 0 Å². The maximum Gasteiger partial charge on any atom is 0.314 e. The van der Waals surface area contributed by atoms with Gasteiger partial charge in [-0.1, -0.05) is 36.4 Å². The van der Waals surface area contributed by atoms with Crippen molar-refractivity contribution in [2.75, 3.05) is 6.61 Å². The molecule has 2 fully saturated rings. The Balaban J connectivity index is 1.70. The third-order valence-corrected chi connectivity index (χ3v) is 6.37. The molecule has 4 nitrogen and oxygen atoms in total. The van der Waals surface area contributed by atoms with Crippen molar-refractivity contribution >= 4 is 11.9 Å². The number of esters is 1. The third kappa shape index (κ3) is 3.33. The van der Waals surface area contributed by atoms with Gasteiger partial charge in [-0.2, -0.15) is 0 Å². The molecule has 2 aliphatic rings. The lowest BCUT2D eigenvalue weighted by atomic mass is 9.70. The second-order valence-electron chi connectivity index (χ2n) is 8.19. The highest BCUT2D eigenvalue weighted by Crippen LogP contribution is 2.52. The Kier molecular flexibility index (Phi) is 5.15. The first-order valence-corrected chi connectivity index (χ1v) is 10.3. The highest BCUT2D eigenvalue weighted by Gasteiger charge is 2.62. The molecule has 0 saturated carbocycles. The number of rotatable bonds is 5. The third-order valence-electron chi connectivity index (χ3n) is 6.37. The Morgan fingerprint density at radius 2 is 1.93 bits per heavy atom. The number of benzene rings is 2. The van der Waals surface area contributed by atoms with Gasteiger partial charge in [-0.3, -0.25) is 9.59 Å². The Labute approximate surface area is 170 Å². The zero-order valence-electron chi connectivity index (χ0n) is 16.9. The molecule has 2 aliphatic heterocycles. The van der Waals surface area contributed by atoms with E-state index in [0.29, 0.717) is 19.4 Å². The summed E-state index contributed by atoms with van der Waals surface area (Å²) in [5, 5.41) is 0. The van der Waals surface area contributed by atoms with E-state index in [9.17, 15) is 14.0 Å². The molecule has 3 atom stereocenters. The summed E-state index contributed by atoms with van der Waals surface area (Å²) in [5.41, 5.74) is 1.11. The number of carbonyl (C=O) groups is 2. The van der Waals surface area contributed by atoms with E-state index in [1.54, 1.807) is 30.9 Å². The first-order chi connectivity index (χ1) is 14.0. The lowest BCUT2D eigenvalue weighted by Crippen LogP contribution is -2.47. The lowest BCUT2D eigenvalue weighted by molar-refractivity contribution is -0.157. The van der Waals surface area contributed by atoms with Crippen molar-refractivity contribution in [3.63, 3.8) is 0 Å². The molecule has 2 saturated heterocycles. The number of aryl methyl sites for hydroxylation is 1. The van der Waals surface area contributed by atoms with Crippen molar-refractivity contribution in [2.24, 2.45) is 5.41 Å². The van der Waals surface area contributed by atoms with Gasteiger partial charge in [0.05, 0.1) is 17.6 Å². The van der Waals surface area contributed by atoms with Crippen LogP contribution in [0.15, 0.2) is 48.5 Å². The predicted octanol–water partition coefficient (Wildman–Crippen LogP) is 4.30. The number of hydrogen-bond acceptors (Lipinski definition) is 3. The molecule has 2 aromatic carbocycles. The molecule has 0 N–H and O–H groups in total. The van der Waals surface area contributed by atoms with Gasteiger partial charge in [0, 0.05) is 12.1 Å². The quantitative estimate of drug-likeness (QED) is 0.709. The maximum atomic E-state index is 14.5. The minimum absolute atomic E-state index is 0.0682. The summed E-state index contributed by atoms with van der Waals surface area (Å²) in [5.74, 6) is -1.08. The summed E-state index contributed by atoms with van der Waals surface area (Å²) in [6.07, 6.45) is 2.65. The van der Waals surface area contributed by atoms with Crippen molar-refractivity contribution in [1.29, 1.82) is 0 Å². The van der Waals surface area contributed by atoms with Crippen LogP contribution >= 0.6 is 0 Å². The van der Waals surface area contributed by atoms with Crippen LogP contribution in [0.5, 0.6) is 0 Å². The summed E-state index contributed by atoms with van der Waals surface area (Å²) in [6, 6.07) is 14.2. The molecule has 2 bridgehead atoms. The fourth-order valence-electron chi connectivity index (χ4n) is 5.14. The standard InChI is InChI=1S/C24H26FNO3/c1-3-29-23(28)24(14-17-7-5-4-6-8-17)15-18-10-12-21(24)26(18)22(27)19-11-9-16(2)13-20(19)25/h4-9,11,13,18,21H,3,10,12,14-15H2,1-2H3/t18-,21+,24+/m1/s1. The molecule has 0 aromatic heterocycles. The number of carbonyl (C=O) groups excluding carboxylic acids is 2. The molecule has 0 spiro atoms. The molecule has 152 valence electrons. The highest BCUT2D eigenvalue weighted by atomic mass is 19.1. The lowest BCUT2D eigenvalue weighted by Gasteiger charge is -2.35. The fraction of sp³-hybridized carbons (Fsp3) is 0.417. The van der Waals surface area contributed by atoms with E-state index in [1.165, 1.54) is 6.07 Å². The predicted molar refractivity (Wildman–Crippen MR) is 108 cm³/mol. The van der Waals surface area contributed by atoms with Crippen LogP contribution in [-0.2, 0) is 16.0 Å². The molecule has 0 aliphatic carbocycles. The van der Waals surface area contributed by atoms with Crippen molar-refractivity contribution < 1.29 is 18.7 Å². The summed E-state index contributed by atoms with van der Waals surface area (Å²) in [6.45, 7) is 3.89. The van der Waals surface area contributed by atoms with Crippen LogP contribution < -0.4 is 0 Å². The minimum Gasteiger partial charge on any atom is -0.465 e. The number of nitrogens with zero attached hydrogens (tertiary/aromatic N) is 1. The smallest absolute Gasteiger partial charge is 0.314 e. The van der Waals surface area contributed by atoms with E-state index in [0.717, 1.165) is 24.0 Å². The molecular formula is C24H26FNO3. The molecule has 5 heteroatoms. The van der Waals surface area contributed by atoms with Crippen LogP contribution in [0.2, 0.25) is 0 Å². The van der Waals surface area contributed by atoms with Crippen LogP contribution in [0.4, 0.5) is 4.39 Å². The summed E-state index contributed by atoms with van der Waals surface area (Å²) < 4.78 is 20.0. The van der Waals surface area contributed by atoms with Crippen LogP contribution in [0.1, 0.15) is 47.7 Å². The molecule has 2 heterocycles. The molecule has 1 amide bonds. The van der Waals surface area contributed by atoms with Crippen molar-refractivity contribution in [3.05, 3.63) is 71.0 Å². The number of ether oxygens (including phenoxy) is 1. The second-order valence-corrected chi connectivity index (χ2v) is 8.19. The molecule has 0 unspecified atom stereocenters. The average Bonchev–Trinajstić information content (AvgIpc) is 3.25. The minimum atomic E-state index is -0.781. The summed E-state index contributed by atoms with van der Waals surface area (Å²) in [4.78, 5) is 28.2. The van der Waals surface area contributed by atoms with Gasteiger partial charge in [-0.25, -0.2) is 4.39 Å². The first kappa shape index (κ1) is 19.6. The maximum absolute atomic E-state index is 14.5. The normalized spacial score (nSPS) is 25.3. The summed E-state index contributed by atoms with van der Waals surface area (Å²) in [7, 11) is 0. The van der Waals surface area contributed by atoms with Crippen molar-refractivity contribution in [2.45, 2.75) is 51.6 Å². The van der Waals surface area contributed by atoms with Gasteiger partial charge in [0.15, 0.2) is 0 Å². The zero-order chi connectivity index (χ0) is 20.6. The molecule has 4 rings (SSSR count). The van der Waals surface area contributed by atoms with Gasteiger partial charge in [-0.15, -0.1) is 0 Å². The van der Waals surface area contributed by atoms with Gasteiger partial charge in [0.25, 0.3) is 5.91 Å². The van der Waals surface area contributed by atoms with Gasteiger partial charge in [-0.05, 0) is 62.8 Å². The Hall–Kier alpha value is -2.69. The van der Waals surface area contributed by atoms with Gasteiger partial charge >= 0.3 is 5.97 Å². The number of hydrogen-bond donors (Lipinski definition) is 0. The summed E-state index contributed by atoms with van der Waals surface area (Å²) >= 11 is 0. The van der Waals surface area contributed by atoms with Crippen LogP contribution in [0.3, 0.4) is 0 Å². The van der Waals surface area contributed by atoms with E-state index >= 15 is 0 Å². The molecule has 2 aromatic rings. The fourth-order valence-corrected chi connectivity index (χ4v) is 5.14. The zero-order valence-corrected chi connectivity index (χ0v) is 16.9. The van der Waals surface area contributed by atoms with E-state index < -0.39 is 11.2 Å². The van der Waals surface area contributed by atoms with Crippen LogP contribution in [0.25, 0.3) is 0 Å². The number of halogens is 1. The second kappa shape index (κ2) is 7.62. The Morgan fingerprint density at radius 1 is 1.17 bits per heavy atom. The first-order valence-electron chi connectivity index (χ1n) is 10.3. The highest BCUT2D eigenvalue weighted by molar-refractivity contribution is 5.96. The van der Waals surface area contributed by atoms with E-state index in [-0.39, 0.29) is 29.5 Å². The van der Waals surface area contributed by atoms with Crippen molar-refractivity contribution in [3.8, 4) is 0 Å². The molecular weight excluding hydrogens is 369 g/mol. The Morgan fingerprint density at radius 3 is 2.62 bits per heavy atom.